The van der Waals surface area contributed by atoms with Gasteiger partial charge in [0, 0.05) is 45.6 Å². The highest BCUT2D eigenvalue weighted by molar-refractivity contribution is 6.00. The number of para-hydroxylation sites is 1. The van der Waals surface area contributed by atoms with Gasteiger partial charge in [0.25, 0.3) is 5.91 Å². The van der Waals surface area contributed by atoms with Crippen LogP contribution in [-0.2, 0) is 27.2 Å². The molecule has 4 aliphatic rings. The molecule has 3 heterocycles. The molecule has 2 bridgehead atoms. The van der Waals surface area contributed by atoms with Crippen molar-refractivity contribution in [1.82, 2.24) is 20.4 Å². The Balaban J connectivity index is 1.26. The first-order chi connectivity index (χ1) is 19.5. The highest BCUT2D eigenvalue weighted by Gasteiger charge is 2.41. The van der Waals surface area contributed by atoms with Gasteiger partial charge in [0.05, 0.1) is 30.4 Å². The third-order valence-electron chi connectivity index (χ3n) is 8.82. The molecule has 212 valence electrons. The number of amides is 3. The van der Waals surface area contributed by atoms with Crippen LogP contribution in [0.5, 0.6) is 5.75 Å². The number of nitrogens with zero attached hydrogens (tertiary/aromatic N) is 2. The van der Waals surface area contributed by atoms with Crippen molar-refractivity contribution in [3.8, 4) is 5.75 Å². The average Bonchev–Trinajstić information content (AvgIpc) is 3.40. The monoisotopic (exact) mass is 546 g/mol. The van der Waals surface area contributed by atoms with Gasteiger partial charge in [-0.3, -0.25) is 19.3 Å². The van der Waals surface area contributed by atoms with E-state index in [1.165, 1.54) is 18.1 Å². The first-order valence-corrected chi connectivity index (χ1v) is 14.5. The molecule has 3 aliphatic heterocycles. The van der Waals surface area contributed by atoms with Crippen LogP contribution in [0, 0.1) is 0 Å². The van der Waals surface area contributed by atoms with E-state index >= 15 is 0 Å². The number of rotatable bonds is 2. The lowest BCUT2D eigenvalue weighted by Gasteiger charge is -2.43. The van der Waals surface area contributed by atoms with Gasteiger partial charge in [-0.2, -0.15) is 0 Å². The van der Waals surface area contributed by atoms with Crippen LogP contribution in [0.25, 0.3) is 0 Å². The second-order valence-corrected chi connectivity index (χ2v) is 11.4. The normalized spacial score (nSPS) is 27.9. The molecule has 3 amide bonds. The number of piperazine rings is 1. The first kappa shape index (κ1) is 26.8. The molecule has 0 radical (unpaired) electrons. The number of carbonyl (C=O) groups is 3. The Morgan fingerprint density at radius 3 is 2.50 bits per heavy atom. The van der Waals surface area contributed by atoms with E-state index in [-0.39, 0.29) is 42.5 Å². The summed E-state index contributed by atoms with van der Waals surface area (Å²) in [6.45, 7) is 3.80. The lowest BCUT2D eigenvalue weighted by atomic mass is 9.96. The molecule has 0 saturated carbocycles. The van der Waals surface area contributed by atoms with E-state index in [2.05, 4.69) is 39.8 Å². The van der Waals surface area contributed by atoms with Gasteiger partial charge in [0.2, 0.25) is 11.8 Å². The van der Waals surface area contributed by atoms with Crippen LogP contribution in [0.2, 0.25) is 0 Å². The summed E-state index contributed by atoms with van der Waals surface area (Å²) in [6, 6.07) is 15.3. The van der Waals surface area contributed by atoms with Crippen LogP contribution >= 0.6 is 0 Å². The number of benzene rings is 2. The summed E-state index contributed by atoms with van der Waals surface area (Å²) in [4.78, 5) is 43.7. The molecule has 6 rings (SSSR count). The Hall–Kier alpha value is -3.43. The Kier molecular flexibility index (Phi) is 7.76. The smallest absolute Gasteiger partial charge is 0.258 e. The van der Waals surface area contributed by atoms with Gasteiger partial charge in [-0.15, -0.1) is 0 Å². The summed E-state index contributed by atoms with van der Waals surface area (Å²) in [7, 11) is 0. The molecule has 0 unspecified atom stereocenters. The number of ether oxygens (including phenoxy) is 2. The molecule has 0 aromatic heterocycles. The minimum atomic E-state index is -0.653. The van der Waals surface area contributed by atoms with Crippen LogP contribution in [0.4, 0.5) is 0 Å². The minimum Gasteiger partial charge on any atom is -0.493 e. The molecule has 2 N–H and O–H groups in total. The van der Waals surface area contributed by atoms with E-state index in [1.807, 2.05) is 18.2 Å². The maximum absolute atomic E-state index is 13.9. The molecule has 9 nitrogen and oxygen atoms in total. The highest BCUT2D eigenvalue weighted by Crippen LogP contribution is 2.29. The lowest BCUT2D eigenvalue weighted by Crippen LogP contribution is -2.63. The summed E-state index contributed by atoms with van der Waals surface area (Å²) in [6.07, 6.45) is 3.71. The zero-order chi connectivity index (χ0) is 27.6. The van der Waals surface area contributed by atoms with Crippen LogP contribution in [0.1, 0.15) is 47.7 Å². The standard InChI is InChI=1S/C31H38N4O5/c1-20(36)33-26-11-10-24-12-15-39-28-9-5-4-8-25(28)31(38)35-14-13-34(19-27(35)30(37)32-18-29(26)40-24)23-16-21-6-2-3-7-22(21)17-23/h2-9,23-24,26-27,29H,10-19H2,1H3,(H,32,37)(H,33,36)/t24-,26+,27-,29+/m0/s1. The topological polar surface area (TPSA) is 100 Å². The van der Waals surface area contributed by atoms with E-state index in [0.717, 1.165) is 25.7 Å². The maximum Gasteiger partial charge on any atom is 0.258 e. The molecule has 9 heteroatoms. The van der Waals surface area contributed by atoms with E-state index in [9.17, 15) is 14.4 Å². The fourth-order valence-electron chi connectivity index (χ4n) is 6.73. The summed E-state index contributed by atoms with van der Waals surface area (Å²) in [5, 5.41) is 6.10. The van der Waals surface area contributed by atoms with Crippen molar-refractivity contribution in [1.29, 1.82) is 0 Å². The van der Waals surface area contributed by atoms with Gasteiger partial charge in [0.1, 0.15) is 11.8 Å². The van der Waals surface area contributed by atoms with Crippen LogP contribution in [-0.4, -0.2) is 90.6 Å². The molecule has 1 aliphatic carbocycles. The molecule has 2 aromatic rings. The Labute approximate surface area is 235 Å². The van der Waals surface area contributed by atoms with Crippen molar-refractivity contribution in [2.24, 2.45) is 0 Å². The number of fused-ring (bicyclic) bond motifs is 5. The average molecular weight is 547 g/mol. The van der Waals surface area contributed by atoms with E-state index in [0.29, 0.717) is 50.0 Å². The second-order valence-electron chi connectivity index (χ2n) is 11.4. The summed E-state index contributed by atoms with van der Waals surface area (Å²) < 4.78 is 12.5. The summed E-state index contributed by atoms with van der Waals surface area (Å²) in [5.74, 6) is 0.0295. The highest BCUT2D eigenvalue weighted by atomic mass is 16.5. The van der Waals surface area contributed by atoms with Gasteiger partial charge < -0.3 is 25.0 Å². The van der Waals surface area contributed by atoms with Crippen molar-refractivity contribution in [2.45, 2.75) is 69.4 Å². The minimum absolute atomic E-state index is 0.0524. The van der Waals surface area contributed by atoms with Crippen molar-refractivity contribution >= 4 is 17.7 Å². The second kappa shape index (κ2) is 11.6. The number of hydrogen-bond acceptors (Lipinski definition) is 6. The number of nitrogens with one attached hydrogen (secondary N) is 2. The van der Waals surface area contributed by atoms with Gasteiger partial charge in [-0.05, 0) is 48.9 Å². The molecule has 4 atom stereocenters. The lowest BCUT2D eigenvalue weighted by molar-refractivity contribution is -0.131. The molecule has 0 spiro atoms. The Bertz CT molecular complexity index is 1240. The molecule has 40 heavy (non-hydrogen) atoms. The Morgan fingerprint density at radius 1 is 0.975 bits per heavy atom. The van der Waals surface area contributed by atoms with E-state index < -0.39 is 6.04 Å². The summed E-state index contributed by atoms with van der Waals surface area (Å²) in [5.41, 5.74) is 3.20. The van der Waals surface area contributed by atoms with E-state index in [4.69, 9.17) is 9.47 Å². The number of hydrogen-bond donors (Lipinski definition) is 2. The predicted molar refractivity (Wildman–Crippen MR) is 149 cm³/mol. The van der Waals surface area contributed by atoms with Gasteiger partial charge >= 0.3 is 0 Å². The molecular weight excluding hydrogens is 508 g/mol. The van der Waals surface area contributed by atoms with Crippen molar-refractivity contribution in [3.63, 3.8) is 0 Å². The zero-order valence-electron chi connectivity index (χ0n) is 23.0. The molecule has 2 aromatic carbocycles. The van der Waals surface area contributed by atoms with Gasteiger partial charge in [-0.1, -0.05) is 36.4 Å². The van der Waals surface area contributed by atoms with Crippen LogP contribution in [0.15, 0.2) is 48.5 Å². The third kappa shape index (κ3) is 5.58. The van der Waals surface area contributed by atoms with Crippen molar-refractivity contribution < 1.29 is 23.9 Å². The van der Waals surface area contributed by atoms with Gasteiger partial charge in [-0.25, -0.2) is 0 Å². The fraction of sp³-hybridized carbons (Fsp3) is 0.516. The maximum atomic E-state index is 13.9. The van der Waals surface area contributed by atoms with Crippen LogP contribution < -0.4 is 15.4 Å². The molecule has 2 saturated heterocycles. The summed E-state index contributed by atoms with van der Waals surface area (Å²) >= 11 is 0. The zero-order valence-corrected chi connectivity index (χ0v) is 23.0. The van der Waals surface area contributed by atoms with Crippen molar-refractivity contribution in [2.75, 3.05) is 32.8 Å². The first-order valence-electron chi connectivity index (χ1n) is 14.5. The van der Waals surface area contributed by atoms with Crippen LogP contribution in [0.3, 0.4) is 0 Å². The predicted octanol–water partition coefficient (Wildman–Crippen LogP) is 1.93. The molecular formula is C31H38N4O5. The fourth-order valence-corrected chi connectivity index (χ4v) is 6.73. The molecule has 2 fully saturated rings. The largest absolute Gasteiger partial charge is 0.493 e. The third-order valence-corrected chi connectivity index (χ3v) is 8.82. The number of carbonyl (C=O) groups excluding carboxylic acids is 3. The Morgan fingerprint density at radius 2 is 1.73 bits per heavy atom. The SMILES string of the molecule is CC(=O)N[C@@H]1CC[C@H]2CCOc3ccccc3C(=O)N3CCN(C4Cc5ccccc5C4)C[C@H]3C(=O)NC[C@H]1O2. The van der Waals surface area contributed by atoms with E-state index in [1.54, 1.807) is 11.0 Å². The van der Waals surface area contributed by atoms with Gasteiger partial charge in [0.15, 0.2) is 0 Å². The quantitative estimate of drug-likeness (QED) is 0.597. The van der Waals surface area contributed by atoms with Crippen molar-refractivity contribution in [3.05, 3.63) is 65.2 Å².